The van der Waals surface area contributed by atoms with E-state index in [0.29, 0.717) is 6.42 Å². The number of hydrogen-bond acceptors (Lipinski definition) is 6. The summed E-state index contributed by atoms with van der Waals surface area (Å²) in [4.78, 5) is 27.9. The molecule has 0 heterocycles. The fourth-order valence-electron chi connectivity index (χ4n) is 6.65. The van der Waals surface area contributed by atoms with Gasteiger partial charge < -0.3 is 18.9 Å². The minimum absolute atomic E-state index is 0.526. The molecule has 0 aliphatic heterocycles. The Morgan fingerprint density at radius 2 is 0.936 bits per heavy atom. The second kappa shape index (κ2) is 14.3. The Balaban J connectivity index is 1.30. The van der Waals surface area contributed by atoms with Crippen molar-refractivity contribution < 1.29 is 28.5 Å². The van der Waals surface area contributed by atoms with Gasteiger partial charge in [-0.1, -0.05) is 110 Å². The van der Waals surface area contributed by atoms with Crippen molar-refractivity contribution in [2.75, 3.05) is 14.2 Å². The average Bonchev–Trinajstić information content (AvgIpc) is 3.10. The molecular formula is C41H40O6. The normalized spacial score (nSPS) is 14.2. The van der Waals surface area contributed by atoms with Crippen LogP contribution in [0.25, 0.3) is 43.1 Å². The molecule has 0 aromatic heterocycles. The molecule has 6 nitrogen and oxygen atoms in total. The van der Waals surface area contributed by atoms with Gasteiger partial charge in [0, 0.05) is 25.3 Å². The topological polar surface area (TPSA) is 71.1 Å². The summed E-state index contributed by atoms with van der Waals surface area (Å²) in [7, 11) is 3.03. The van der Waals surface area contributed by atoms with Crippen LogP contribution in [0, 0.1) is 0 Å². The van der Waals surface area contributed by atoms with Gasteiger partial charge in [0.25, 0.3) is 0 Å². The summed E-state index contributed by atoms with van der Waals surface area (Å²) >= 11 is 0. The van der Waals surface area contributed by atoms with Crippen LogP contribution >= 0.6 is 0 Å². The van der Waals surface area contributed by atoms with Gasteiger partial charge in [0.05, 0.1) is 0 Å². The third kappa shape index (κ3) is 6.44. The summed E-state index contributed by atoms with van der Waals surface area (Å²) in [6, 6.07) is 36.0. The molecule has 0 radical (unpaired) electrons. The van der Waals surface area contributed by atoms with Gasteiger partial charge in [-0.15, -0.1) is 0 Å². The van der Waals surface area contributed by atoms with Crippen LogP contribution in [0.5, 0.6) is 0 Å². The number of hydrogen-bond donors (Lipinski definition) is 0. The standard InChI is InChI=1S/C41H40O6/c1-5-6-23-35(47-41(43)39(45-4)37-33-21-13-9-17-29(33)25-30-18-10-14-22-34(30)37)26(2)46-40(42)38(44-3)36-31-19-11-7-15-27(31)24-28-16-8-12-20-32(28)36/h7-22,24-26,35,38-39H,5-6,23H2,1-4H3/t26-,35-,38+,39+/m1/s1. The molecule has 47 heavy (non-hydrogen) atoms. The highest BCUT2D eigenvalue weighted by Crippen LogP contribution is 2.37. The van der Waals surface area contributed by atoms with E-state index >= 15 is 0 Å². The fourth-order valence-corrected chi connectivity index (χ4v) is 6.65. The first-order chi connectivity index (χ1) is 22.9. The van der Waals surface area contributed by atoms with Gasteiger partial charge >= 0.3 is 11.9 Å². The van der Waals surface area contributed by atoms with E-state index in [-0.39, 0.29) is 0 Å². The lowest BCUT2D eigenvalue weighted by atomic mass is 9.93. The van der Waals surface area contributed by atoms with Gasteiger partial charge in [-0.25, -0.2) is 9.59 Å². The maximum atomic E-state index is 14.0. The van der Waals surface area contributed by atoms with Gasteiger partial charge in [0.15, 0.2) is 12.2 Å². The highest BCUT2D eigenvalue weighted by Gasteiger charge is 2.34. The van der Waals surface area contributed by atoms with E-state index in [0.717, 1.165) is 67.1 Å². The zero-order valence-corrected chi connectivity index (χ0v) is 27.3. The summed E-state index contributed by atoms with van der Waals surface area (Å²) in [5.41, 5.74) is 1.51. The van der Waals surface area contributed by atoms with Gasteiger partial charge in [-0.2, -0.15) is 0 Å². The first-order valence-electron chi connectivity index (χ1n) is 16.2. The quantitative estimate of drug-likeness (QED) is 0.0993. The minimum atomic E-state index is -0.982. The molecule has 4 atom stereocenters. The van der Waals surface area contributed by atoms with Gasteiger partial charge in [-0.3, -0.25) is 0 Å². The lowest BCUT2D eigenvalue weighted by Gasteiger charge is -2.28. The van der Waals surface area contributed by atoms with Crippen molar-refractivity contribution in [3.8, 4) is 0 Å². The second-order valence-corrected chi connectivity index (χ2v) is 12.0. The number of benzene rings is 6. The Hall–Kier alpha value is -4.78. The molecule has 6 heteroatoms. The molecular weight excluding hydrogens is 588 g/mol. The highest BCUT2D eigenvalue weighted by atomic mass is 16.6. The Bertz CT molecular complexity index is 1940. The van der Waals surface area contributed by atoms with Gasteiger partial charge in [0.2, 0.25) is 0 Å². The lowest BCUT2D eigenvalue weighted by Crippen LogP contribution is -2.36. The Morgan fingerprint density at radius 3 is 1.30 bits per heavy atom. The Morgan fingerprint density at radius 1 is 0.574 bits per heavy atom. The molecule has 0 spiro atoms. The maximum Gasteiger partial charge on any atom is 0.340 e. The number of unbranched alkanes of at least 4 members (excludes halogenated alkanes) is 1. The monoisotopic (exact) mass is 628 g/mol. The van der Waals surface area contributed by atoms with Crippen LogP contribution in [0.4, 0.5) is 0 Å². The molecule has 0 saturated heterocycles. The van der Waals surface area contributed by atoms with Crippen molar-refractivity contribution in [2.24, 2.45) is 0 Å². The van der Waals surface area contributed by atoms with Crippen LogP contribution in [0.15, 0.2) is 109 Å². The third-order valence-electron chi connectivity index (χ3n) is 8.99. The Labute approximate surface area is 275 Å². The predicted octanol–water partition coefficient (Wildman–Crippen LogP) is 9.41. The molecule has 0 fully saturated rings. The van der Waals surface area contributed by atoms with Crippen LogP contribution < -0.4 is 0 Å². The fraction of sp³-hybridized carbons (Fsp3) is 0.268. The average molecular weight is 629 g/mol. The Kier molecular flexibility index (Phi) is 9.81. The second-order valence-electron chi connectivity index (χ2n) is 12.0. The molecule has 0 saturated carbocycles. The molecule has 0 amide bonds. The summed E-state index contributed by atoms with van der Waals surface area (Å²) in [5, 5.41) is 7.70. The first-order valence-corrected chi connectivity index (χ1v) is 16.2. The van der Waals surface area contributed by atoms with Gasteiger partial charge in [-0.05, 0) is 75.0 Å². The summed E-state index contributed by atoms with van der Waals surface area (Å²) in [5.74, 6) is -1.07. The summed E-state index contributed by atoms with van der Waals surface area (Å²) in [6.45, 7) is 3.84. The third-order valence-corrected chi connectivity index (χ3v) is 8.99. The maximum absolute atomic E-state index is 14.0. The number of methoxy groups -OCH3 is 2. The molecule has 6 aromatic carbocycles. The summed E-state index contributed by atoms with van der Waals surface area (Å²) < 4.78 is 24.0. The van der Waals surface area contributed by atoms with Crippen molar-refractivity contribution in [1.29, 1.82) is 0 Å². The van der Waals surface area contributed by atoms with Crippen molar-refractivity contribution in [2.45, 2.75) is 57.5 Å². The molecule has 6 rings (SSSR count). The van der Waals surface area contributed by atoms with Crippen molar-refractivity contribution in [3.63, 3.8) is 0 Å². The number of carbonyl (C=O) groups is 2. The van der Waals surface area contributed by atoms with Crippen LogP contribution in [0.2, 0.25) is 0 Å². The number of rotatable bonds is 12. The van der Waals surface area contributed by atoms with E-state index in [1.165, 1.54) is 14.2 Å². The molecule has 0 bridgehead atoms. The minimum Gasteiger partial charge on any atom is -0.457 e. The van der Waals surface area contributed by atoms with E-state index in [9.17, 15) is 9.59 Å². The highest BCUT2D eigenvalue weighted by molar-refractivity contribution is 6.06. The van der Waals surface area contributed by atoms with Crippen LogP contribution in [0.1, 0.15) is 56.4 Å². The SMILES string of the molecule is CCCC[C@@H](OC(=O)[C@@H](OC)c1c2ccccc2cc2ccccc12)[C@@H](C)OC(=O)[C@@H](OC)c1c2ccccc2cc2ccccc12. The molecule has 240 valence electrons. The summed E-state index contributed by atoms with van der Waals surface area (Å²) in [6.07, 6.45) is -1.18. The number of carbonyl (C=O) groups excluding carboxylic acids is 2. The first kappa shape index (κ1) is 32.2. The van der Waals surface area contributed by atoms with Crippen molar-refractivity contribution in [3.05, 3.63) is 120 Å². The molecule has 0 N–H and O–H groups in total. The van der Waals surface area contributed by atoms with Crippen LogP contribution in [0.3, 0.4) is 0 Å². The van der Waals surface area contributed by atoms with Crippen LogP contribution in [-0.4, -0.2) is 38.4 Å². The number of fused-ring (bicyclic) bond motifs is 4. The van der Waals surface area contributed by atoms with Crippen molar-refractivity contribution in [1.82, 2.24) is 0 Å². The van der Waals surface area contributed by atoms with Gasteiger partial charge in [0.1, 0.15) is 12.2 Å². The van der Waals surface area contributed by atoms with Crippen molar-refractivity contribution >= 4 is 55.0 Å². The zero-order valence-electron chi connectivity index (χ0n) is 27.3. The van der Waals surface area contributed by atoms with E-state index in [1.807, 2.05) is 97.1 Å². The molecule has 0 aliphatic rings. The van der Waals surface area contributed by atoms with E-state index < -0.39 is 36.4 Å². The zero-order chi connectivity index (χ0) is 32.9. The van der Waals surface area contributed by atoms with E-state index in [1.54, 1.807) is 6.92 Å². The molecule has 6 aromatic rings. The smallest absolute Gasteiger partial charge is 0.340 e. The van der Waals surface area contributed by atoms with E-state index in [4.69, 9.17) is 18.9 Å². The van der Waals surface area contributed by atoms with Crippen LogP contribution in [-0.2, 0) is 28.5 Å². The lowest BCUT2D eigenvalue weighted by molar-refractivity contribution is -0.179. The molecule has 0 aliphatic carbocycles. The predicted molar refractivity (Wildman–Crippen MR) is 187 cm³/mol. The largest absolute Gasteiger partial charge is 0.457 e. The van der Waals surface area contributed by atoms with E-state index in [2.05, 4.69) is 19.1 Å². The number of esters is 2. The molecule has 0 unspecified atom stereocenters. The number of ether oxygens (including phenoxy) is 4.